The first-order chi connectivity index (χ1) is 15.9. The second-order valence-corrected chi connectivity index (χ2v) is 8.47. The van der Waals surface area contributed by atoms with Gasteiger partial charge < -0.3 is 10.7 Å². The Labute approximate surface area is 187 Å². The van der Waals surface area contributed by atoms with Crippen LogP contribution < -0.4 is 17.0 Å². The van der Waals surface area contributed by atoms with Gasteiger partial charge in [-0.15, -0.1) is 0 Å². The summed E-state index contributed by atoms with van der Waals surface area (Å²) < 4.78 is 16.0. The van der Waals surface area contributed by atoms with E-state index in [0.717, 1.165) is 12.8 Å². The van der Waals surface area contributed by atoms with Gasteiger partial charge in [0.1, 0.15) is 17.2 Å². The van der Waals surface area contributed by atoms with Gasteiger partial charge in [0, 0.05) is 18.0 Å². The number of hydrogen-bond acceptors (Lipinski definition) is 4. The molecule has 5 rings (SSSR count). The fraction of sp³-hybridized carbons (Fsp3) is 0.250. The van der Waals surface area contributed by atoms with Crippen molar-refractivity contribution in [3.05, 3.63) is 97.7 Å². The lowest BCUT2D eigenvalue weighted by Gasteiger charge is -2.16. The van der Waals surface area contributed by atoms with Crippen LogP contribution in [0.2, 0.25) is 0 Å². The predicted molar refractivity (Wildman–Crippen MR) is 121 cm³/mol. The highest BCUT2D eigenvalue weighted by molar-refractivity contribution is 5.93. The molecule has 4 aromatic rings. The molecular weight excluding hydrogens is 425 g/mol. The second-order valence-electron chi connectivity index (χ2n) is 8.47. The summed E-state index contributed by atoms with van der Waals surface area (Å²) in [5.74, 6) is -0.680. The molecule has 2 aromatic heterocycles. The fourth-order valence-corrected chi connectivity index (χ4v) is 4.12. The number of H-pyrrole nitrogens is 2. The molecule has 1 saturated carbocycles. The molecule has 1 atom stereocenters. The van der Waals surface area contributed by atoms with Crippen molar-refractivity contribution in [3.63, 3.8) is 0 Å². The van der Waals surface area contributed by atoms with E-state index in [2.05, 4.69) is 15.0 Å². The molecule has 0 spiro atoms. The zero-order valence-corrected chi connectivity index (χ0v) is 17.7. The zero-order valence-electron chi connectivity index (χ0n) is 17.7. The third-order valence-corrected chi connectivity index (χ3v) is 6.07. The van der Waals surface area contributed by atoms with Crippen molar-refractivity contribution < 1.29 is 9.18 Å². The minimum Gasteiger partial charge on any atom is -0.366 e. The lowest BCUT2D eigenvalue weighted by Crippen LogP contribution is -2.30. The summed E-state index contributed by atoms with van der Waals surface area (Å²) in [5, 5.41) is 0. The van der Waals surface area contributed by atoms with Gasteiger partial charge in [-0.1, -0.05) is 30.3 Å². The van der Waals surface area contributed by atoms with Crippen molar-refractivity contribution in [2.75, 3.05) is 0 Å². The first kappa shape index (κ1) is 20.9. The average Bonchev–Trinajstić information content (AvgIpc) is 3.51. The highest BCUT2D eigenvalue weighted by atomic mass is 19.1. The number of rotatable bonds is 7. The number of nitrogens with one attached hydrogen (secondary N) is 2. The first-order valence-electron chi connectivity index (χ1n) is 10.8. The monoisotopic (exact) mass is 447 g/mol. The van der Waals surface area contributed by atoms with E-state index in [9.17, 15) is 18.8 Å². The summed E-state index contributed by atoms with van der Waals surface area (Å²) in [5.41, 5.74) is 6.31. The molecule has 1 amide bonds. The Balaban J connectivity index is 1.67. The summed E-state index contributed by atoms with van der Waals surface area (Å²) in [6, 6.07) is 13.1. The molecule has 168 valence electrons. The molecule has 0 bridgehead atoms. The molecule has 8 nitrogen and oxygen atoms in total. The van der Waals surface area contributed by atoms with Gasteiger partial charge in [0.05, 0.1) is 0 Å². The molecule has 0 aliphatic heterocycles. The highest BCUT2D eigenvalue weighted by Crippen LogP contribution is 2.32. The van der Waals surface area contributed by atoms with Crippen LogP contribution in [0.1, 0.15) is 46.1 Å². The van der Waals surface area contributed by atoms with E-state index in [0.29, 0.717) is 35.0 Å². The minimum atomic E-state index is -0.583. The second kappa shape index (κ2) is 8.16. The van der Waals surface area contributed by atoms with Gasteiger partial charge in [-0.3, -0.25) is 19.1 Å². The van der Waals surface area contributed by atoms with Gasteiger partial charge in [-0.25, -0.2) is 14.2 Å². The van der Waals surface area contributed by atoms with Crippen LogP contribution in [0.15, 0.2) is 58.1 Å². The smallest absolute Gasteiger partial charge is 0.330 e. The number of fused-ring (bicyclic) bond motifs is 1. The number of primary amides is 1. The standard InChI is InChI=1S/C24H22FN5O3/c25-18-7-2-1-4-15(18)11-17(14-5-3-6-16(10-14)20(26)31)21-27-19-22(28-21)30(12-13-8-9-13)24(33)29-23(19)32/h1-7,10,13,17H,8-9,11-12H2,(H2,26,31)(H,27,28)(H,29,32,33). The Morgan fingerprint density at radius 3 is 2.67 bits per heavy atom. The van der Waals surface area contributed by atoms with Gasteiger partial charge in [0.2, 0.25) is 5.91 Å². The maximum Gasteiger partial charge on any atom is 0.330 e. The third kappa shape index (κ3) is 4.09. The normalized spacial score (nSPS) is 14.5. The van der Waals surface area contributed by atoms with Crippen LogP contribution in [-0.2, 0) is 13.0 Å². The maximum atomic E-state index is 14.5. The van der Waals surface area contributed by atoms with Gasteiger partial charge >= 0.3 is 5.69 Å². The molecule has 1 unspecified atom stereocenters. The van der Waals surface area contributed by atoms with E-state index < -0.39 is 23.1 Å². The van der Waals surface area contributed by atoms with Gasteiger partial charge in [-0.2, -0.15) is 0 Å². The number of nitrogens with zero attached hydrogens (tertiary/aromatic N) is 2. The van der Waals surface area contributed by atoms with E-state index in [4.69, 9.17) is 5.73 Å². The van der Waals surface area contributed by atoms with Crippen molar-refractivity contribution in [2.45, 2.75) is 31.7 Å². The van der Waals surface area contributed by atoms with Crippen LogP contribution >= 0.6 is 0 Å². The van der Waals surface area contributed by atoms with E-state index in [-0.39, 0.29) is 23.4 Å². The largest absolute Gasteiger partial charge is 0.366 e. The third-order valence-electron chi connectivity index (χ3n) is 6.07. The number of carbonyl (C=O) groups excluding carboxylic acids is 1. The predicted octanol–water partition coefficient (Wildman–Crippen LogP) is 2.44. The fourth-order valence-electron chi connectivity index (χ4n) is 4.12. The van der Waals surface area contributed by atoms with Crippen molar-refractivity contribution in [1.82, 2.24) is 19.5 Å². The molecule has 0 radical (unpaired) electrons. The molecule has 1 fully saturated rings. The van der Waals surface area contributed by atoms with Crippen molar-refractivity contribution in [3.8, 4) is 0 Å². The molecule has 1 aliphatic carbocycles. The molecular formula is C24H22FN5O3. The van der Waals surface area contributed by atoms with Crippen molar-refractivity contribution in [2.24, 2.45) is 11.7 Å². The van der Waals surface area contributed by atoms with Crippen LogP contribution in [0.4, 0.5) is 4.39 Å². The van der Waals surface area contributed by atoms with E-state index in [1.165, 1.54) is 10.6 Å². The summed E-state index contributed by atoms with van der Waals surface area (Å²) in [4.78, 5) is 46.8. The van der Waals surface area contributed by atoms with Crippen LogP contribution in [-0.4, -0.2) is 25.4 Å². The quantitative estimate of drug-likeness (QED) is 0.402. The topological polar surface area (TPSA) is 127 Å². The molecule has 4 N–H and O–H groups in total. The first-order valence-corrected chi connectivity index (χ1v) is 10.8. The van der Waals surface area contributed by atoms with Crippen LogP contribution in [0.25, 0.3) is 11.2 Å². The number of hydrogen-bond donors (Lipinski definition) is 3. The summed E-state index contributed by atoms with van der Waals surface area (Å²) >= 11 is 0. The zero-order chi connectivity index (χ0) is 23.1. The Kier molecular flexibility index (Phi) is 5.16. The Morgan fingerprint density at radius 1 is 1.15 bits per heavy atom. The minimum absolute atomic E-state index is 0.190. The lowest BCUT2D eigenvalue weighted by molar-refractivity contribution is 0.1000. The van der Waals surface area contributed by atoms with Gasteiger partial charge in [0.25, 0.3) is 5.56 Å². The molecule has 2 heterocycles. The number of amides is 1. The van der Waals surface area contributed by atoms with Crippen LogP contribution in [0.5, 0.6) is 0 Å². The van der Waals surface area contributed by atoms with E-state index in [1.807, 2.05) is 0 Å². The van der Waals surface area contributed by atoms with Crippen LogP contribution in [0, 0.1) is 11.7 Å². The van der Waals surface area contributed by atoms with E-state index >= 15 is 0 Å². The van der Waals surface area contributed by atoms with E-state index in [1.54, 1.807) is 42.5 Å². The molecule has 2 aromatic carbocycles. The summed E-state index contributed by atoms with van der Waals surface area (Å²) in [6.45, 7) is 0.478. The summed E-state index contributed by atoms with van der Waals surface area (Å²) in [7, 11) is 0. The molecule has 1 aliphatic rings. The number of nitrogens with two attached hydrogens (primary N) is 1. The number of benzene rings is 2. The Bertz CT molecular complexity index is 1480. The molecule has 33 heavy (non-hydrogen) atoms. The maximum absolute atomic E-state index is 14.5. The number of halogens is 1. The highest BCUT2D eigenvalue weighted by Gasteiger charge is 2.26. The average molecular weight is 447 g/mol. The lowest BCUT2D eigenvalue weighted by atomic mass is 9.90. The van der Waals surface area contributed by atoms with Crippen LogP contribution in [0.3, 0.4) is 0 Å². The SMILES string of the molecule is NC(=O)c1cccc(C(Cc2ccccc2F)c2nc3c([nH]2)c(=O)[nH]c(=O)n3CC2CC2)c1. The number of carbonyl (C=O) groups is 1. The summed E-state index contributed by atoms with van der Waals surface area (Å²) in [6.07, 6.45) is 2.28. The van der Waals surface area contributed by atoms with Gasteiger partial charge in [0.15, 0.2) is 5.65 Å². The Morgan fingerprint density at radius 2 is 1.94 bits per heavy atom. The van der Waals surface area contributed by atoms with Crippen molar-refractivity contribution >= 4 is 17.1 Å². The number of aromatic amines is 2. The Hall–Kier alpha value is -4.01. The number of imidazole rings is 1. The molecule has 0 saturated heterocycles. The number of aromatic nitrogens is 4. The van der Waals surface area contributed by atoms with Crippen molar-refractivity contribution in [1.29, 1.82) is 0 Å². The van der Waals surface area contributed by atoms with Gasteiger partial charge in [-0.05, 0) is 54.5 Å². The molecule has 9 heteroatoms.